The lowest BCUT2D eigenvalue weighted by molar-refractivity contribution is 1.35. The normalized spacial score (nSPS) is 10.4. The number of halogens is 2. The summed E-state index contributed by atoms with van der Waals surface area (Å²) in [5.41, 5.74) is 1.36. The zero-order valence-electron chi connectivity index (χ0n) is 8.49. The first-order valence-corrected chi connectivity index (χ1v) is 7.73. The molecular formula is C13H10BrIS. The third-order valence-corrected chi connectivity index (χ3v) is 4.96. The molecule has 0 nitrogen and oxygen atoms in total. The van der Waals surface area contributed by atoms with Crippen molar-refractivity contribution in [3.05, 3.63) is 62.1 Å². The molecule has 16 heavy (non-hydrogen) atoms. The Hall–Kier alpha value is -0.000000000000000111. The highest BCUT2D eigenvalue weighted by atomic mass is 127. The lowest BCUT2D eigenvalue weighted by atomic mass is 10.2. The van der Waals surface area contributed by atoms with E-state index in [0.717, 1.165) is 5.75 Å². The van der Waals surface area contributed by atoms with Gasteiger partial charge in [-0.1, -0.05) is 24.3 Å². The highest BCUT2D eigenvalue weighted by Gasteiger charge is 2.00. The summed E-state index contributed by atoms with van der Waals surface area (Å²) in [7, 11) is 0. The lowest BCUT2D eigenvalue weighted by Gasteiger charge is -2.04. The highest BCUT2D eigenvalue weighted by Crippen LogP contribution is 2.29. The fraction of sp³-hybridized carbons (Fsp3) is 0.0769. The van der Waals surface area contributed by atoms with Crippen molar-refractivity contribution in [2.24, 2.45) is 0 Å². The van der Waals surface area contributed by atoms with Crippen LogP contribution < -0.4 is 0 Å². The predicted octanol–water partition coefficient (Wildman–Crippen LogP) is 5.35. The summed E-state index contributed by atoms with van der Waals surface area (Å²) in [5, 5.41) is 0. The Kier molecular flexibility index (Phi) is 4.73. The van der Waals surface area contributed by atoms with Crippen LogP contribution in [0.3, 0.4) is 0 Å². The minimum absolute atomic E-state index is 1.01. The first-order chi connectivity index (χ1) is 7.75. The van der Waals surface area contributed by atoms with Gasteiger partial charge in [0, 0.05) is 18.7 Å². The fourth-order valence-electron chi connectivity index (χ4n) is 1.30. The summed E-state index contributed by atoms with van der Waals surface area (Å²) in [4.78, 5) is 1.29. The number of hydrogen-bond donors (Lipinski definition) is 0. The van der Waals surface area contributed by atoms with E-state index < -0.39 is 0 Å². The Morgan fingerprint density at radius 1 is 1.00 bits per heavy atom. The molecule has 0 aliphatic rings. The van der Waals surface area contributed by atoms with Gasteiger partial charge in [0.1, 0.15) is 0 Å². The summed E-state index contributed by atoms with van der Waals surface area (Å²) in [6, 6.07) is 17.0. The predicted molar refractivity (Wildman–Crippen MR) is 82.9 cm³/mol. The summed E-state index contributed by atoms with van der Waals surface area (Å²) in [6.07, 6.45) is 0. The molecule has 0 radical (unpaired) electrons. The third kappa shape index (κ3) is 3.50. The molecule has 3 heteroatoms. The van der Waals surface area contributed by atoms with E-state index in [-0.39, 0.29) is 0 Å². The Bertz CT molecular complexity index is 468. The van der Waals surface area contributed by atoms with Crippen molar-refractivity contribution < 1.29 is 0 Å². The minimum atomic E-state index is 1.01. The van der Waals surface area contributed by atoms with Crippen molar-refractivity contribution in [3.8, 4) is 0 Å². The molecule has 0 saturated carbocycles. The first-order valence-electron chi connectivity index (χ1n) is 4.87. The smallest absolute Gasteiger partial charge is 0.0311 e. The molecule has 2 aromatic rings. The van der Waals surface area contributed by atoms with Gasteiger partial charge < -0.3 is 0 Å². The topological polar surface area (TPSA) is 0 Å². The zero-order chi connectivity index (χ0) is 11.4. The van der Waals surface area contributed by atoms with E-state index in [9.17, 15) is 0 Å². The van der Waals surface area contributed by atoms with Crippen LogP contribution in [0.25, 0.3) is 0 Å². The van der Waals surface area contributed by atoms with Gasteiger partial charge in [0.25, 0.3) is 0 Å². The van der Waals surface area contributed by atoms with Crippen LogP contribution in [0.5, 0.6) is 0 Å². The Morgan fingerprint density at radius 2 is 1.69 bits per heavy atom. The molecule has 0 unspecified atom stereocenters. The van der Waals surface area contributed by atoms with Crippen LogP contribution in [-0.2, 0) is 5.75 Å². The van der Waals surface area contributed by atoms with Gasteiger partial charge in [-0.2, -0.15) is 0 Å². The van der Waals surface area contributed by atoms with E-state index in [2.05, 4.69) is 81.0 Å². The van der Waals surface area contributed by atoms with Gasteiger partial charge in [-0.05, 0) is 68.3 Å². The summed E-state index contributed by atoms with van der Waals surface area (Å²) < 4.78 is 2.46. The molecule has 82 valence electrons. The molecule has 0 bridgehead atoms. The molecule has 0 atom stereocenters. The largest absolute Gasteiger partial charge is 0.120 e. The highest BCUT2D eigenvalue weighted by molar-refractivity contribution is 14.1. The van der Waals surface area contributed by atoms with E-state index in [1.807, 2.05) is 17.8 Å². The average molecular weight is 405 g/mol. The Labute approximate surface area is 122 Å². The molecule has 0 heterocycles. The second kappa shape index (κ2) is 6.07. The van der Waals surface area contributed by atoms with Crippen LogP contribution in [0, 0.1) is 3.57 Å². The zero-order valence-corrected chi connectivity index (χ0v) is 13.1. The maximum atomic E-state index is 3.56. The van der Waals surface area contributed by atoms with Crippen LogP contribution in [-0.4, -0.2) is 0 Å². The standard InChI is InChI=1S/C13H10BrIS/c14-12-3-1-2-4-13(12)16-9-10-5-7-11(15)8-6-10/h1-8H,9H2. The molecule has 0 fully saturated rings. The lowest BCUT2D eigenvalue weighted by Crippen LogP contribution is -1.81. The average Bonchev–Trinajstić information content (AvgIpc) is 2.30. The van der Waals surface area contributed by atoms with Gasteiger partial charge >= 0.3 is 0 Å². The number of benzene rings is 2. The number of hydrogen-bond acceptors (Lipinski definition) is 1. The molecule has 0 spiro atoms. The van der Waals surface area contributed by atoms with Gasteiger partial charge in [0.15, 0.2) is 0 Å². The Balaban J connectivity index is 2.02. The van der Waals surface area contributed by atoms with Crippen molar-refractivity contribution in [1.82, 2.24) is 0 Å². The molecule has 0 aromatic heterocycles. The first kappa shape index (κ1) is 12.5. The van der Waals surface area contributed by atoms with Crippen LogP contribution in [0.1, 0.15) is 5.56 Å². The van der Waals surface area contributed by atoms with E-state index in [1.54, 1.807) is 0 Å². The van der Waals surface area contributed by atoms with Gasteiger partial charge in [0.05, 0.1) is 0 Å². The Morgan fingerprint density at radius 3 is 2.38 bits per heavy atom. The molecule has 0 aliphatic carbocycles. The monoisotopic (exact) mass is 404 g/mol. The molecule has 0 N–H and O–H groups in total. The second-order valence-corrected chi connectivity index (χ2v) is 6.46. The van der Waals surface area contributed by atoms with Crippen molar-refractivity contribution in [2.45, 2.75) is 10.6 Å². The fourth-order valence-corrected chi connectivity index (χ4v) is 3.19. The summed E-state index contributed by atoms with van der Waals surface area (Å²) in [5.74, 6) is 1.01. The molecule has 0 amide bonds. The maximum Gasteiger partial charge on any atom is 0.0311 e. The molecule has 0 saturated heterocycles. The van der Waals surface area contributed by atoms with Crippen molar-refractivity contribution in [1.29, 1.82) is 0 Å². The molecule has 2 rings (SSSR count). The van der Waals surface area contributed by atoms with Gasteiger partial charge in [-0.3, -0.25) is 0 Å². The van der Waals surface area contributed by atoms with Crippen LogP contribution >= 0.6 is 50.3 Å². The van der Waals surface area contributed by atoms with E-state index in [1.165, 1.54) is 18.5 Å². The minimum Gasteiger partial charge on any atom is -0.120 e. The summed E-state index contributed by atoms with van der Waals surface area (Å²) in [6.45, 7) is 0. The number of thioether (sulfide) groups is 1. The van der Waals surface area contributed by atoms with Crippen LogP contribution in [0.2, 0.25) is 0 Å². The van der Waals surface area contributed by atoms with Crippen LogP contribution in [0.4, 0.5) is 0 Å². The number of rotatable bonds is 3. The maximum absolute atomic E-state index is 3.56. The molecular weight excluding hydrogens is 395 g/mol. The summed E-state index contributed by atoms with van der Waals surface area (Å²) >= 11 is 7.74. The third-order valence-electron chi connectivity index (χ3n) is 2.14. The van der Waals surface area contributed by atoms with Gasteiger partial charge in [0.2, 0.25) is 0 Å². The molecule has 2 aromatic carbocycles. The second-order valence-electron chi connectivity index (χ2n) is 3.35. The van der Waals surface area contributed by atoms with Crippen molar-refractivity contribution in [2.75, 3.05) is 0 Å². The quantitative estimate of drug-likeness (QED) is 0.491. The molecule has 0 aliphatic heterocycles. The van der Waals surface area contributed by atoms with E-state index in [4.69, 9.17) is 0 Å². The van der Waals surface area contributed by atoms with Crippen LogP contribution in [0.15, 0.2) is 57.9 Å². The van der Waals surface area contributed by atoms with E-state index >= 15 is 0 Å². The van der Waals surface area contributed by atoms with Gasteiger partial charge in [-0.25, -0.2) is 0 Å². The van der Waals surface area contributed by atoms with Gasteiger partial charge in [-0.15, -0.1) is 11.8 Å². The SMILES string of the molecule is Brc1ccccc1SCc1ccc(I)cc1. The van der Waals surface area contributed by atoms with Crippen molar-refractivity contribution >= 4 is 50.3 Å². The van der Waals surface area contributed by atoms with Crippen molar-refractivity contribution in [3.63, 3.8) is 0 Å². The van der Waals surface area contributed by atoms with E-state index in [0.29, 0.717) is 0 Å².